The lowest BCUT2D eigenvalue weighted by Gasteiger charge is -2.46. The van der Waals surface area contributed by atoms with E-state index in [9.17, 15) is 4.79 Å². The lowest BCUT2D eigenvalue weighted by Crippen LogP contribution is -2.43. The first-order valence-electron chi connectivity index (χ1n) is 6.07. The van der Waals surface area contributed by atoms with Crippen LogP contribution in [0.1, 0.15) is 47.5 Å². The van der Waals surface area contributed by atoms with Gasteiger partial charge in [0.15, 0.2) is 5.78 Å². The average molecular weight is 208 g/mol. The highest BCUT2D eigenvalue weighted by Crippen LogP contribution is 2.48. The zero-order valence-electron chi connectivity index (χ0n) is 10.7. The topological polar surface area (TPSA) is 17.1 Å². The number of hydrogen-bond acceptors (Lipinski definition) is 1. The molecule has 0 radical (unpaired) electrons. The Morgan fingerprint density at radius 3 is 2.40 bits per heavy atom. The quantitative estimate of drug-likeness (QED) is 0.630. The van der Waals surface area contributed by atoms with Gasteiger partial charge in [-0.2, -0.15) is 0 Å². The first-order chi connectivity index (χ1) is 6.91. The Balaban J connectivity index is 2.95. The fraction of sp³-hybridized carbons (Fsp3) is 0.786. The SMILES string of the molecule is C/C=C/C(=O)C1C(C)CCC(C)C1(C)C. The minimum absolute atomic E-state index is 0.147. The highest BCUT2D eigenvalue weighted by molar-refractivity contribution is 5.92. The average Bonchev–Trinajstić information content (AvgIpc) is 2.12. The maximum atomic E-state index is 12.1. The van der Waals surface area contributed by atoms with Crippen molar-refractivity contribution in [3.63, 3.8) is 0 Å². The maximum Gasteiger partial charge on any atom is 0.159 e. The largest absolute Gasteiger partial charge is 0.295 e. The highest BCUT2D eigenvalue weighted by atomic mass is 16.1. The Kier molecular flexibility index (Phi) is 3.75. The molecule has 0 saturated heterocycles. The van der Waals surface area contributed by atoms with E-state index in [1.807, 2.05) is 13.0 Å². The van der Waals surface area contributed by atoms with Gasteiger partial charge in [0.25, 0.3) is 0 Å². The molecule has 15 heavy (non-hydrogen) atoms. The van der Waals surface area contributed by atoms with Crippen molar-refractivity contribution < 1.29 is 4.79 Å². The van der Waals surface area contributed by atoms with Crippen LogP contribution in [0, 0.1) is 23.2 Å². The molecule has 1 rings (SSSR count). The van der Waals surface area contributed by atoms with Gasteiger partial charge in [-0.1, -0.05) is 33.8 Å². The molecule has 0 spiro atoms. The Morgan fingerprint density at radius 2 is 1.87 bits per heavy atom. The Hall–Kier alpha value is -0.590. The molecular weight excluding hydrogens is 184 g/mol. The van der Waals surface area contributed by atoms with E-state index in [2.05, 4.69) is 27.7 Å². The zero-order valence-corrected chi connectivity index (χ0v) is 10.7. The van der Waals surface area contributed by atoms with Crippen LogP contribution in [0.5, 0.6) is 0 Å². The third-order valence-corrected chi connectivity index (χ3v) is 4.33. The monoisotopic (exact) mass is 208 g/mol. The van der Waals surface area contributed by atoms with Crippen LogP contribution in [0.2, 0.25) is 0 Å². The van der Waals surface area contributed by atoms with E-state index in [1.54, 1.807) is 6.08 Å². The molecule has 86 valence electrons. The molecule has 1 heteroatoms. The molecule has 0 aromatic rings. The highest BCUT2D eigenvalue weighted by Gasteiger charge is 2.44. The van der Waals surface area contributed by atoms with E-state index in [4.69, 9.17) is 0 Å². The predicted molar refractivity (Wildman–Crippen MR) is 64.7 cm³/mol. The van der Waals surface area contributed by atoms with Crippen LogP contribution in [-0.2, 0) is 4.79 Å². The Labute approximate surface area is 93.9 Å². The second-order valence-electron chi connectivity index (χ2n) is 5.66. The van der Waals surface area contributed by atoms with Gasteiger partial charge >= 0.3 is 0 Å². The molecule has 0 N–H and O–H groups in total. The molecule has 1 aliphatic rings. The van der Waals surface area contributed by atoms with Gasteiger partial charge in [-0.25, -0.2) is 0 Å². The van der Waals surface area contributed by atoms with E-state index in [-0.39, 0.29) is 11.3 Å². The predicted octanol–water partition coefficient (Wildman–Crippen LogP) is 3.84. The minimum Gasteiger partial charge on any atom is -0.295 e. The smallest absolute Gasteiger partial charge is 0.159 e. The molecule has 0 aromatic heterocycles. The van der Waals surface area contributed by atoms with Crippen molar-refractivity contribution in [1.82, 2.24) is 0 Å². The van der Waals surface area contributed by atoms with Gasteiger partial charge in [0, 0.05) is 5.92 Å². The van der Waals surface area contributed by atoms with Gasteiger partial charge in [-0.05, 0) is 43.1 Å². The molecule has 0 bridgehead atoms. The summed E-state index contributed by atoms with van der Waals surface area (Å²) >= 11 is 0. The molecule has 3 atom stereocenters. The molecule has 1 saturated carbocycles. The number of rotatable bonds is 2. The van der Waals surface area contributed by atoms with Crippen molar-refractivity contribution in [2.75, 3.05) is 0 Å². The van der Waals surface area contributed by atoms with E-state index in [0.717, 1.165) is 0 Å². The minimum atomic E-state index is 0.147. The summed E-state index contributed by atoms with van der Waals surface area (Å²) in [5.74, 6) is 1.70. The van der Waals surface area contributed by atoms with Crippen molar-refractivity contribution >= 4 is 5.78 Å². The van der Waals surface area contributed by atoms with Gasteiger partial charge in [0.2, 0.25) is 0 Å². The Bertz CT molecular complexity index is 263. The van der Waals surface area contributed by atoms with E-state index >= 15 is 0 Å². The maximum absolute atomic E-state index is 12.1. The summed E-state index contributed by atoms with van der Waals surface area (Å²) in [4.78, 5) is 12.1. The van der Waals surface area contributed by atoms with Gasteiger partial charge in [-0.15, -0.1) is 0 Å². The summed E-state index contributed by atoms with van der Waals surface area (Å²) in [7, 11) is 0. The van der Waals surface area contributed by atoms with Crippen LogP contribution in [0.25, 0.3) is 0 Å². The summed E-state index contributed by atoms with van der Waals surface area (Å²) in [5.41, 5.74) is 0.147. The van der Waals surface area contributed by atoms with Crippen LogP contribution in [-0.4, -0.2) is 5.78 Å². The second kappa shape index (κ2) is 4.51. The fourth-order valence-electron chi connectivity index (χ4n) is 3.01. The third kappa shape index (κ3) is 2.32. The van der Waals surface area contributed by atoms with Crippen LogP contribution < -0.4 is 0 Å². The van der Waals surface area contributed by atoms with Crippen LogP contribution in [0.15, 0.2) is 12.2 Å². The van der Waals surface area contributed by atoms with E-state index in [0.29, 0.717) is 17.6 Å². The summed E-state index contributed by atoms with van der Waals surface area (Å²) in [5, 5.41) is 0. The molecule has 1 fully saturated rings. The van der Waals surface area contributed by atoms with Crippen molar-refractivity contribution in [1.29, 1.82) is 0 Å². The van der Waals surface area contributed by atoms with Gasteiger partial charge in [0.05, 0.1) is 0 Å². The standard InChI is InChI=1S/C14H24O/c1-6-7-12(15)13-10(2)8-9-11(3)14(13,4)5/h6-7,10-11,13H,8-9H2,1-5H3/b7-6+. The Morgan fingerprint density at radius 1 is 1.27 bits per heavy atom. The van der Waals surface area contributed by atoms with Crippen LogP contribution in [0.4, 0.5) is 0 Å². The van der Waals surface area contributed by atoms with Gasteiger partial charge in [-0.3, -0.25) is 4.79 Å². The van der Waals surface area contributed by atoms with Crippen molar-refractivity contribution in [3.8, 4) is 0 Å². The molecule has 3 unspecified atom stereocenters. The van der Waals surface area contributed by atoms with Crippen molar-refractivity contribution in [2.24, 2.45) is 23.2 Å². The zero-order chi connectivity index (χ0) is 11.6. The molecule has 0 amide bonds. The normalized spacial score (nSPS) is 35.7. The van der Waals surface area contributed by atoms with Gasteiger partial charge in [0.1, 0.15) is 0 Å². The number of carbonyl (C=O) groups is 1. The molecule has 0 heterocycles. The fourth-order valence-corrected chi connectivity index (χ4v) is 3.01. The number of carbonyl (C=O) groups excluding carboxylic acids is 1. The van der Waals surface area contributed by atoms with E-state index in [1.165, 1.54) is 12.8 Å². The first-order valence-corrected chi connectivity index (χ1v) is 6.07. The number of hydrogen-bond donors (Lipinski definition) is 0. The lowest BCUT2D eigenvalue weighted by atomic mass is 9.58. The molecule has 1 aliphatic carbocycles. The first kappa shape index (κ1) is 12.5. The molecule has 1 nitrogen and oxygen atoms in total. The van der Waals surface area contributed by atoms with Crippen LogP contribution in [0.3, 0.4) is 0 Å². The molecular formula is C14H24O. The molecule has 0 aliphatic heterocycles. The number of allylic oxidation sites excluding steroid dienone is 2. The second-order valence-corrected chi connectivity index (χ2v) is 5.66. The van der Waals surface area contributed by atoms with Crippen molar-refractivity contribution in [3.05, 3.63) is 12.2 Å². The number of ketones is 1. The lowest BCUT2D eigenvalue weighted by molar-refractivity contribution is -0.127. The van der Waals surface area contributed by atoms with Gasteiger partial charge < -0.3 is 0 Å². The summed E-state index contributed by atoms with van der Waals surface area (Å²) < 4.78 is 0. The summed E-state index contributed by atoms with van der Waals surface area (Å²) in [6, 6.07) is 0. The van der Waals surface area contributed by atoms with E-state index < -0.39 is 0 Å². The van der Waals surface area contributed by atoms with Crippen molar-refractivity contribution in [2.45, 2.75) is 47.5 Å². The van der Waals surface area contributed by atoms with Crippen LogP contribution >= 0.6 is 0 Å². The third-order valence-electron chi connectivity index (χ3n) is 4.33. The molecule has 0 aromatic carbocycles. The summed E-state index contributed by atoms with van der Waals surface area (Å²) in [6.45, 7) is 10.9. The summed E-state index contributed by atoms with van der Waals surface area (Å²) in [6.07, 6.45) is 6.07.